The first-order chi connectivity index (χ1) is 18.4. The van der Waals surface area contributed by atoms with E-state index in [1.165, 1.54) is 31.3 Å². The van der Waals surface area contributed by atoms with E-state index in [-0.39, 0.29) is 30.0 Å². The second-order valence-electron chi connectivity index (χ2n) is 8.59. The van der Waals surface area contributed by atoms with Crippen LogP contribution in [0.15, 0.2) is 48.8 Å². The van der Waals surface area contributed by atoms with Gasteiger partial charge in [0.25, 0.3) is 5.91 Å². The predicted molar refractivity (Wildman–Crippen MR) is 142 cm³/mol. The van der Waals surface area contributed by atoms with Crippen LogP contribution >= 0.6 is 0 Å². The molecule has 3 aromatic rings. The highest BCUT2D eigenvalue weighted by Gasteiger charge is 2.35. The number of carbonyl (C=O) groups excluding carboxylic acids is 1. The number of anilines is 4. The van der Waals surface area contributed by atoms with Crippen molar-refractivity contribution in [3.05, 3.63) is 65.5 Å². The Kier molecular flexibility index (Phi) is 9.64. The number of hydrogen-bond acceptors (Lipinski definition) is 9. The molecule has 1 aromatic carbocycles. The van der Waals surface area contributed by atoms with E-state index in [0.717, 1.165) is 0 Å². The van der Waals surface area contributed by atoms with E-state index in [1.807, 2.05) is 19.0 Å². The highest BCUT2D eigenvalue weighted by atomic mass is 32.2. The number of aromatic nitrogens is 3. The van der Waals surface area contributed by atoms with E-state index < -0.39 is 27.6 Å². The number of nitrogens with zero attached hydrogens (tertiary/aromatic N) is 4. The van der Waals surface area contributed by atoms with Crippen molar-refractivity contribution in [2.24, 2.45) is 0 Å². The molecule has 2 aromatic heterocycles. The number of halogens is 3. The molecule has 39 heavy (non-hydrogen) atoms. The topological polar surface area (TPSA) is 141 Å². The van der Waals surface area contributed by atoms with Crippen LogP contribution in [0.4, 0.5) is 36.4 Å². The number of alkyl halides is 3. The molecule has 0 atom stereocenters. The van der Waals surface area contributed by atoms with E-state index in [0.29, 0.717) is 36.1 Å². The van der Waals surface area contributed by atoms with Gasteiger partial charge in [-0.25, -0.2) is 18.4 Å². The van der Waals surface area contributed by atoms with E-state index in [9.17, 15) is 26.4 Å². The summed E-state index contributed by atoms with van der Waals surface area (Å²) in [6, 6.07) is 9.42. The van der Waals surface area contributed by atoms with Crippen molar-refractivity contribution in [2.75, 3.05) is 48.3 Å². The van der Waals surface area contributed by atoms with Gasteiger partial charge in [-0.3, -0.25) is 9.52 Å². The van der Waals surface area contributed by atoms with E-state index in [2.05, 4.69) is 35.6 Å². The minimum Gasteiger partial charge on any atom is -0.365 e. The molecule has 11 nitrogen and oxygen atoms in total. The molecule has 15 heteroatoms. The molecule has 0 bridgehead atoms. The summed E-state index contributed by atoms with van der Waals surface area (Å²) in [6.07, 6.45) is -2.76. The molecule has 0 aliphatic heterocycles. The number of carbonyl (C=O) groups is 1. The van der Waals surface area contributed by atoms with Gasteiger partial charge >= 0.3 is 6.18 Å². The zero-order chi connectivity index (χ0) is 28.6. The van der Waals surface area contributed by atoms with Crippen molar-refractivity contribution < 1.29 is 26.4 Å². The third kappa shape index (κ3) is 8.78. The number of nitrogens with one attached hydrogen (secondary N) is 4. The zero-order valence-corrected chi connectivity index (χ0v) is 22.3. The average Bonchev–Trinajstić information content (AvgIpc) is 2.87. The molecule has 0 saturated carbocycles. The molecule has 0 saturated heterocycles. The Morgan fingerprint density at radius 3 is 2.54 bits per heavy atom. The van der Waals surface area contributed by atoms with Crippen molar-refractivity contribution in [1.82, 2.24) is 25.2 Å². The number of benzene rings is 1. The SMILES string of the molecule is CCS(=O)(=O)Nc1ncccc1CNc1nc(Nc2cccc(C(=O)NCCN(C)C)c2)ncc1C(F)(F)F. The quantitative estimate of drug-likeness (QED) is 0.260. The zero-order valence-electron chi connectivity index (χ0n) is 21.5. The van der Waals surface area contributed by atoms with Gasteiger partial charge in [-0.05, 0) is 45.3 Å². The van der Waals surface area contributed by atoms with Crippen LogP contribution in [0, 0.1) is 0 Å². The molecule has 2 heterocycles. The van der Waals surface area contributed by atoms with Gasteiger partial charge in [0.15, 0.2) is 0 Å². The van der Waals surface area contributed by atoms with Crippen LogP contribution < -0.4 is 20.7 Å². The highest BCUT2D eigenvalue weighted by molar-refractivity contribution is 7.92. The van der Waals surface area contributed by atoms with Crippen molar-refractivity contribution >= 4 is 39.2 Å². The Labute approximate surface area is 224 Å². The molecule has 0 spiro atoms. The first-order valence-corrected chi connectivity index (χ1v) is 13.5. The van der Waals surface area contributed by atoms with Gasteiger partial charge in [-0.15, -0.1) is 0 Å². The van der Waals surface area contributed by atoms with Crippen LogP contribution in [0.25, 0.3) is 0 Å². The van der Waals surface area contributed by atoms with Gasteiger partial charge in [0.1, 0.15) is 17.2 Å². The second kappa shape index (κ2) is 12.7. The molecule has 4 N–H and O–H groups in total. The van der Waals surface area contributed by atoms with Crippen LogP contribution in [0.2, 0.25) is 0 Å². The summed E-state index contributed by atoms with van der Waals surface area (Å²) in [5.41, 5.74) is -0.0578. The summed E-state index contributed by atoms with van der Waals surface area (Å²) < 4.78 is 67.3. The molecule has 210 valence electrons. The van der Waals surface area contributed by atoms with Gasteiger partial charge in [-0.1, -0.05) is 12.1 Å². The second-order valence-corrected chi connectivity index (χ2v) is 10.6. The molecule has 0 radical (unpaired) electrons. The van der Waals surface area contributed by atoms with Crippen molar-refractivity contribution in [2.45, 2.75) is 19.6 Å². The minimum atomic E-state index is -4.76. The number of rotatable bonds is 12. The molecule has 0 aliphatic carbocycles. The first kappa shape index (κ1) is 29.6. The Balaban J connectivity index is 1.81. The lowest BCUT2D eigenvalue weighted by atomic mass is 10.2. The Morgan fingerprint density at radius 1 is 1.08 bits per heavy atom. The third-order valence-corrected chi connectivity index (χ3v) is 6.55. The maximum absolute atomic E-state index is 13.7. The van der Waals surface area contributed by atoms with Crippen molar-refractivity contribution in [1.29, 1.82) is 0 Å². The van der Waals surface area contributed by atoms with Gasteiger partial charge in [0.2, 0.25) is 16.0 Å². The van der Waals surface area contributed by atoms with Crippen molar-refractivity contribution in [3.63, 3.8) is 0 Å². The fraction of sp³-hybridized carbons (Fsp3) is 0.333. The van der Waals surface area contributed by atoms with Crippen LogP contribution in [0.3, 0.4) is 0 Å². The van der Waals surface area contributed by atoms with E-state index in [4.69, 9.17) is 0 Å². The third-order valence-electron chi connectivity index (χ3n) is 5.29. The summed E-state index contributed by atoms with van der Waals surface area (Å²) in [5, 5.41) is 8.22. The molecular formula is C24H29F3N8O3S. The number of sulfonamides is 1. The largest absolute Gasteiger partial charge is 0.421 e. The Morgan fingerprint density at radius 2 is 1.85 bits per heavy atom. The summed E-state index contributed by atoms with van der Waals surface area (Å²) in [4.78, 5) is 26.1. The normalized spacial score (nSPS) is 11.8. The predicted octanol–water partition coefficient (Wildman–Crippen LogP) is 3.30. The van der Waals surface area contributed by atoms with Gasteiger partial charge in [-0.2, -0.15) is 18.2 Å². The van der Waals surface area contributed by atoms with E-state index >= 15 is 0 Å². The molecule has 0 aliphatic rings. The maximum Gasteiger partial charge on any atom is 0.421 e. The van der Waals surface area contributed by atoms with Crippen LogP contribution in [0.1, 0.15) is 28.4 Å². The fourth-order valence-corrected chi connectivity index (χ4v) is 3.84. The molecule has 0 unspecified atom stereocenters. The summed E-state index contributed by atoms with van der Waals surface area (Å²) in [7, 11) is 0.108. The average molecular weight is 567 g/mol. The molecular weight excluding hydrogens is 537 g/mol. The lowest BCUT2D eigenvalue weighted by Crippen LogP contribution is -2.31. The monoisotopic (exact) mass is 566 g/mol. The standard InChI is InChI=1S/C24H29F3N8O3S/c1-4-39(37,38)34-20-17(8-6-10-28-20)14-30-21-19(24(25,26)27)15-31-23(33-21)32-18-9-5-7-16(13-18)22(36)29-11-12-35(2)3/h5-10,13,15H,4,11-12,14H2,1-3H3,(H,28,34)(H,29,36)(H2,30,31,32,33). The lowest BCUT2D eigenvalue weighted by Gasteiger charge is -2.16. The summed E-state index contributed by atoms with van der Waals surface area (Å²) in [5.74, 6) is -1.18. The highest BCUT2D eigenvalue weighted by Crippen LogP contribution is 2.34. The van der Waals surface area contributed by atoms with Gasteiger partial charge in [0, 0.05) is 48.8 Å². The smallest absolute Gasteiger partial charge is 0.365 e. The summed E-state index contributed by atoms with van der Waals surface area (Å²) in [6.45, 7) is 2.34. The lowest BCUT2D eigenvalue weighted by molar-refractivity contribution is -0.137. The fourth-order valence-electron chi connectivity index (χ4n) is 3.22. The Bertz CT molecular complexity index is 1400. The van der Waals surface area contributed by atoms with Gasteiger partial charge in [0.05, 0.1) is 5.75 Å². The first-order valence-electron chi connectivity index (χ1n) is 11.8. The molecule has 3 rings (SSSR count). The summed E-state index contributed by atoms with van der Waals surface area (Å²) >= 11 is 0. The molecule has 1 amide bonds. The molecule has 0 fully saturated rings. The van der Waals surface area contributed by atoms with Gasteiger partial charge < -0.3 is 20.9 Å². The number of likely N-dealkylation sites (N-methyl/N-ethyl adjacent to an activating group) is 1. The van der Waals surface area contributed by atoms with Crippen molar-refractivity contribution in [3.8, 4) is 0 Å². The van der Waals surface area contributed by atoms with Crippen LogP contribution in [-0.4, -0.2) is 67.1 Å². The van der Waals surface area contributed by atoms with E-state index in [1.54, 1.807) is 18.2 Å². The number of hydrogen-bond donors (Lipinski definition) is 4. The number of amides is 1. The van der Waals surface area contributed by atoms with Crippen LogP contribution in [-0.2, 0) is 22.7 Å². The Hall–Kier alpha value is -3.98. The van der Waals surface area contributed by atoms with Crippen LogP contribution in [0.5, 0.6) is 0 Å². The maximum atomic E-state index is 13.7. The minimum absolute atomic E-state index is 0.00603. The number of pyridine rings is 1.